The Bertz CT molecular complexity index is 811. The molecule has 2 aromatic carbocycles. The van der Waals surface area contributed by atoms with Crippen molar-refractivity contribution in [2.45, 2.75) is 51.6 Å². The minimum Gasteiger partial charge on any atom is -0.508 e. The largest absolute Gasteiger partial charge is 0.508 e. The molecule has 0 aliphatic carbocycles. The van der Waals surface area contributed by atoms with Crippen molar-refractivity contribution < 1.29 is 20.5 Å². The Morgan fingerprint density at radius 1 is 1.32 bits per heavy atom. The van der Waals surface area contributed by atoms with Gasteiger partial charge in [-0.25, -0.2) is 4.39 Å². The first-order chi connectivity index (χ1) is 11.8. The predicted octanol–water partition coefficient (Wildman–Crippen LogP) is 4.58. The van der Waals surface area contributed by atoms with Crippen LogP contribution >= 0.6 is 0 Å². The molecule has 1 atom stereocenters. The number of phenols is 1. The van der Waals surface area contributed by atoms with Gasteiger partial charge in [0.05, 0.1) is 0 Å². The monoisotopic (exact) mass is 344 g/mol. The van der Waals surface area contributed by atoms with Crippen LogP contribution in [-0.4, -0.2) is 17.0 Å². The van der Waals surface area contributed by atoms with Crippen molar-refractivity contribution in [3.8, 4) is 11.5 Å². The summed E-state index contributed by atoms with van der Waals surface area (Å²) < 4.78 is 19.5. The van der Waals surface area contributed by atoms with Gasteiger partial charge in [0.1, 0.15) is 5.75 Å². The van der Waals surface area contributed by atoms with E-state index < -0.39 is 11.9 Å². The van der Waals surface area contributed by atoms with E-state index in [4.69, 9.17) is 4.74 Å². The van der Waals surface area contributed by atoms with Crippen LogP contribution in [-0.2, 0) is 23.1 Å². The molecule has 0 saturated carbocycles. The number of ether oxygens (including phenoxy) is 1. The highest BCUT2D eigenvalue weighted by molar-refractivity contribution is 5.86. The summed E-state index contributed by atoms with van der Waals surface area (Å²) >= 11 is 0. The molecule has 2 aromatic rings. The number of carbonyl (C=O) groups is 1. The Balaban J connectivity index is 0.00000243. The van der Waals surface area contributed by atoms with Gasteiger partial charge in [-0.05, 0) is 47.1 Å². The van der Waals surface area contributed by atoms with E-state index in [2.05, 4.69) is 0 Å². The zero-order valence-electron chi connectivity index (χ0n) is 14.8. The molecule has 0 radical (unpaired) electrons. The highest BCUT2D eigenvalue weighted by atomic mass is 19.1. The fourth-order valence-corrected chi connectivity index (χ4v) is 3.23. The fourth-order valence-electron chi connectivity index (χ4n) is 3.23. The Hall–Kier alpha value is -2.36. The number of para-hydroxylation sites is 1. The molecule has 3 rings (SSSR count). The summed E-state index contributed by atoms with van der Waals surface area (Å²) in [6, 6.07) is 10.2. The average molecular weight is 344 g/mol. The number of fused-ring (bicyclic) bond motifs is 1. The van der Waals surface area contributed by atoms with Crippen molar-refractivity contribution in [3.63, 3.8) is 0 Å². The van der Waals surface area contributed by atoms with Crippen molar-refractivity contribution in [2.24, 2.45) is 0 Å². The number of halogens is 1. The Morgan fingerprint density at radius 3 is 2.76 bits per heavy atom. The van der Waals surface area contributed by atoms with Crippen molar-refractivity contribution in [1.82, 2.24) is 0 Å². The van der Waals surface area contributed by atoms with Gasteiger partial charge >= 0.3 is 0 Å². The second-order valence-corrected chi connectivity index (χ2v) is 7.62. The average Bonchev–Trinajstić information content (AvgIpc) is 2.53. The van der Waals surface area contributed by atoms with Gasteiger partial charge in [0.25, 0.3) is 0 Å². The second-order valence-electron chi connectivity index (χ2n) is 7.62. The summed E-state index contributed by atoms with van der Waals surface area (Å²) in [4.78, 5) is 12.6. The third-order valence-electron chi connectivity index (χ3n) is 4.59. The topological polar surface area (TPSA) is 46.5 Å². The maximum atomic E-state index is 13.9. The number of Topliss-reactive ketones (excluding diaryl/α,β-unsaturated/α-hetero) is 1. The molecule has 3 nitrogen and oxygen atoms in total. The summed E-state index contributed by atoms with van der Waals surface area (Å²) in [7, 11) is 0. The summed E-state index contributed by atoms with van der Waals surface area (Å²) in [5, 5.41) is 10.2. The Kier molecular flexibility index (Phi) is 4.55. The molecule has 1 aliphatic heterocycles. The normalized spacial score (nSPS) is 16.9. The molecule has 1 N–H and O–H groups in total. The predicted molar refractivity (Wildman–Crippen MR) is 96.8 cm³/mol. The number of aryl methyl sites for hydroxylation is 1. The van der Waals surface area contributed by atoms with Crippen LogP contribution in [0.15, 0.2) is 36.4 Å². The molecule has 1 unspecified atom stereocenters. The molecule has 1 aliphatic rings. The molecule has 0 bridgehead atoms. The maximum Gasteiger partial charge on any atom is 0.177 e. The number of benzene rings is 2. The summed E-state index contributed by atoms with van der Waals surface area (Å²) in [5.41, 5.74) is 2.21. The molecule has 0 fully saturated rings. The van der Waals surface area contributed by atoms with Gasteiger partial charge in [-0.2, -0.15) is 0 Å². The molecule has 0 amide bonds. The third-order valence-corrected chi connectivity index (χ3v) is 4.59. The fraction of sp³-hybridized carbons (Fsp3) is 0.381. The van der Waals surface area contributed by atoms with E-state index in [9.17, 15) is 14.3 Å². The minimum absolute atomic E-state index is 0. The number of hydrogen-bond acceptors (Lipinski definition) is 3. The van der Waals surface area contributed by atoms with Gasteiger partial charge in [-0.15, -0.1) is 0 Å². The first-order valence-electron chi connectivity index (χ1n) is 8.55. The number of rotatable bonds is 3. The maximum absolute atomic E-state index is 13.9. The van der Waals surface area contributed by atoms with Crippen molar-refractivity contribution >= 4 is 5.78 Å². The van der Waals surface area contributed by atoms with Gasteiger partial charge in [-0.1, -0.05) is 45.0 Å². The van der Waals surface area contributed by atoms with Crippen LogP contribution in [0.1, 0.15) is 45.3 Å². The summed E-state index contributed by atoms with van der Waals surface area (Å²) in [5.74, 6) is -0.143. The SMILES string of the molecule is CC(C)(C)c1ccc(CC(=O)C2CCc3cccc(F)c3O2)cc1O.[HH]. The molecular weight excluding hydrogens is 319 g/mol. The quantitative estimate of drug-likeness (QED) is 0.886. The lowest BCUT2D eigenvalue weighted by atomic mass is 9.85. The lowest BCUT2D eigenvalue weighted by Crippen LogP contribution is -2.32. The van der Waals surface area contributed by atoms with Crippen molar-refractivity contribution in [3.05, 3.63) is 58.9 Å². The van der Waals surface area contributed by atoms with E-state index >= 15 is 0 Å². The molecule has 0 aromatic heterocycles. The lowest BCUT2D eigenvalue weighted by molar-refractivity contribution is -0.125. The number of aromatic hydroxyl groups is 1. The molecule has 1 heterocycles. The van der Waals surface area contributed by atoms with Crippen molar-refractivity contribution in [2.75, 3.05) is 0 Å². The number of carbonyl (C=O) groups excluding carboxylic acids is 1. The zero-order chi connectivity index (χ0) is 18.2. The van der Waals surface area contributed by atoms with Gasteiger partial charge < -0.3 is 9.84 Å². The smallest absolute Gasteiger partial charge is 0.177 e. The van der Waals surface area contributed by atoms with E-state index in [1.807, 2.05) is 39.0 Å². The van der Waals surface area contributed by atoms with E-state index in [1.165, 1.54) is 6.07 Å². The lowest BCUT2D eigenvalue weighted by Gasteiger charge is -2.25. The first-order valence-corrected chi connectivity index (χ1v) is 8.55. The standard InChI is InChI=1S/C21H23FO3.H2/c1-21(2,3)15-9-7-13(11-17(15)23)12-18(24)19-10-8-14-5-4-6-16(22)20(14)25-19;/h4-7,9,11,19,23H,8,10,12H2,1-3H3;1H. The number of ketones is 1. The second kappa shape index (κ2) is 6.51. The van der Waals surface area contributed by atoms with E-state index in [1.54, 1.807) is 12.1 Å². The molecule has 25 heavy (non-hydrogen) atoms. The van der Waals surface area contributed by atoms with Crippen LogP contribution in [0.4, 0.5) is 4.39 Å². The van der Waals surface area contributed by atoms with E-state index in [-0.39, 0.29) is 30.5 Å². The minimum atomic E-state index is -0.645. The molecule has 0 spiro atoms. The van der Waals surface area contributed by atoms with Gasteiger partial charge in [0, 0.05) is 7.85 Å². The summed E-state index contributed by atoms with van der Waals surface area (Å²) in [6.07, 6.45) is 0.680. The molecular formula is C21H25FO3. The van der Waals surface area contributed by atoms with Gasteiger partial charge in [0.15, 0.2) is 23.5 Å². The zero-order valence-corrected chi connectivity index (χ0v) is 14.8. The molecule has 4 heteroatoms. The summed E-state index contributed by atoms with van der Waals surface area (Å²) in [6.45, 7) is 6.07. The van der Waals surface area contributed by atoms with Crippen LogP contribution in [0, 0.1) is 5.82 Å². The van der Waals surface area contributed by atoms with Crippen LogP contribution < -0.4 is 4.74 Å². The van der Waals surface area contributed by atoms with Gasteiger partial charge in [0.2, 0.25) is 0 Å². The highest BCUT2D eigenvalue weighted by Crippen LogP contribution is 2.33. The van der Waals surface area contributed by atoms with E-state index in [0.29, 0.717) is 12.8 Å². The first kappa shape index (κ1) is 17.5. The van der Waals surface area contributed by atoms with Crippen LogP contribution in [0.3, 0.4) is 0 Å². The third kappa shape index (κ3) is 3.68. The van der Waals surface area contributed by atoms with Gasteiger partial charge in [-0.3, -0.25) is 4.79 Å². The molecule has 0 saturated heterocycles. The van der Waals surface area contributed by atoms with E-state index in [0.717, 1.165) is 16.7 Å². The van der Waals surface area contributed by atoms with Crippen LogP contribution in [0.25, 0.3) is 0 Å². The highest BCUT2D eigenvalue weighted by Gasteiger charge is 2.28. The Morgan fingerprint density at radius 2 is 2.08 bits per heavy atom. The number of hydrogen-bond donors (Lipinski definition) is 1. The Labute approximate surface area is 148 Å². The van der Waals surface area contributed by atoms with Crippen molar-refractivity contribution in [1.29, 1.82) is 0 Å². The van der Waals surface area contributed by atoms with Crippen LogP contribution in [0.5, 0.6) is 11.5 Å². The van der Waals surface area contributed by atoms with Crippen LogP contribution in [0.2, 0.25) is 0 Å². The number of phenolic OH excluding ortho intramolecular Hbond substituents is 1. The molecule has 134 valence electrons.